The van der Waals surface area contributed by atoms with E-state index in [1.807, 2.05) is 39.0 Å². The molecule has 11 heteroatoms. The average Bonchev–Trinajstić information content (AvgIpc) is 3.50. The first-order chi connectivity index (χ1) is 21.1. The van der Waals surface area contributed by atoms with E-state index in [-0.39, 0.29) is 18.9 Å². The van der Waals surface area contributed by atoms with Crippen LogP contribution in [0, 0.1) is 5.41 Å². The monoisotopic (exact) mass is 637 g/mol. The van der Waals surface area contributed by atoms with Gasteiger partial charge in [-0.15, -0.1) is 0 Å². The zero-order chi connectivity index (χ0) is 33.0. The number of nitrogens with one attached hydrogen (secondary N) is 1. The number of aliphatic hydroxyl groups is 1. The Kier molecular flexibility index (Phi) is 10.1. The van der Waals surface area contributed by atoms with Gasteiger partial charge in [0.1, 0.15) is 12.4 Å². The standard InChI is InChI=1S/C34H43N3O7S/c1-33(2,3)34(21-43-32(36)40,20-30(38)24-9-14-26(35)15-10-24)44-27-16-11-22(12-17-27)25-13-18-28(31(39)37-45(4,41)42)29(19-25)23-7-5-6-8-23/h9-19,23,30,38H,5-8,20-21,35H2,1-4H3,(H2,36,40)(H,37,39)/t30-,34?/m1/s1. The van der Waals surface area contributed by atoms with E-state index >= 15 is 0 Å². The van der Waals surface area contributed by atoms with Crippen molar-refractivity contribution >= 4 is 27.7 Å². The number of sulfonamides is 1. The largest absolute Gasteiger partial charge is 0.483 e. The molecule has 3 aromatic rings. The average molecular weight is 638 g/mol. The molecule has 0 aromatic heterocycles. The van der Waals surface area contributed by atoms with Gasteiger partial charge in [-0.25, -0.2) is 17.9 Å². The number of rotatable bonds is 11. The van der Waals surface area contributed by atoms with Crippen molar-refractivity contribution in [2.75, 3.05) is 18.6 Å². The van der Waals surface area contributed by atoms with Crippen molar-refractivity contribution in [2.24, 2.45) is 11.1 Å². The summed E-state index contributed by atoms with van der Waals surface area (Å²) in [5.41, 5.74) is 13.5. The van der Waals surface area contributed by atoms with E-state index in [9.17, 15) is 23.1 Å². The van der Waals surface area contributed by atoms with Crippen LogP contribution >= 0.6 is 0 Å². The summed E-state index contributed by atoms with van der Waals surface area (Å²) in [5, 5.41) is 11.2. The topological polar surface area (TPSA) is 171 Å². The number of nitrogen functional groups attached to an aromatic ring is 1. The van der Waals surface area contributed by atoms with Crippen molar-refractivity contribution in [1.82, 2.24) is 4.72 Å². The Morgan fingerprint density at radius 2 is 1.58 bits per heavy atom. The second-order valence-electron chi connectivity index (χ2n) is 12.9. The molecule has 242 valence electrons. The van der Waals surface area contributed by atoms with Gasteiger partial charge in [0, 0.05) is 23.1 Å². The molecule has 1 aliphatic carbocycles. The minimum Gasteiger partial charge on any atom is -0.483 e. The molecule has 0 heterocycles. The molecule has 1 aliphatic rings. The van der Waals surface area contributed by atoms with Gasteiger partial charge in [-0.2, -0.15) is 0 Å². The van der Waals surface area contributed by atoms with Gasteiger partial charge in [0.05, 0.1) is 12.4 Å². The normalized spacial score (nSPS) is 16.0. The fourth-order valence-corrected chi connectivity index (χ4v) is 6.28. The third-order valence-electron chi connectivity index (χ3n) is 8.53. The Morgan fingerprint density at radius 1 is 0.978 bits per heavy atom. The highest BCUT2D eigenvalue weighted by atomic mass is 32.2. The van der Waals surface area contributed by atoms with Crippen molar-refractivity contribution in [2.45, 2.75) is 70.5 Å². The van der Waals surface area contributed by atoms with Crippen molar-refractivity contribution in [1.29, 1.82) is 0 Å². The summed E-state index contributed by atoms with van der Waals surface area (Å²) in [4.78, 5) is 24.5. The number of ether oxygens (including phenoxy) is 2. The van der Waals surface area contributed by atoms with Gasteiger partial charge in [0.25, 0.3) is 5.91 Å². The second-order valence-corrected chi connectivity index (χ2v) is 14.6. The number of aliphatic hydroxyl groups excluding tert-OH is 1. The molecule has 2 atom stereocenters. The zero-order valence-electron chi connectivity index (χ0n) is 26.2. The molecular weight excluding hydrogens is 594 g/mol. The lowest BCUT2D eigenvalue weighted by Crippen LogP contribution is -2.53. The van der Waals surface area contributed by atoms with Crippen molar-refractivity contribution < 1.29 is 32.6 Å². The summed E-state index contributed by atoms with van der Waals surface area (Å²) >= 11 is 0. The molecule has 3 aromatic carbocycles. The van der Waals surface area contributed by atoms with Gasteiger partial charge >= 0.3 is 6.09 Å². The molecule has 1 unspecified atom stereocenters. The summed E-state index contributed by atoms with van der Waals surface area (Å²) in [6.45, 7) is 5.62. The van der Waals surface area contributed by atoms with Gasteiger partial charge in [-0.1, -0.05) is 70.0 Å². The second kappa shape index (κ2) is 13.5. The van der Waals surface area contributed by atoms with E-state index in [2.05, 4.69) is 4.72 Å². The van der Waals surface area contributed by atoms with Crippen LogP contribution in [0.1, 0.15) is 86.4 Å². The number of hydrogen-bond acceptors (Lipinski definition) is 8. The molecule has 0 radical (unpaired) electrons. The van der Waals surface area contributed by atoms with Gasteiger partial charge < -0.3 is 26.0 Å². The highest BCUT2D eigenvalue weighted by Crippen LogP contribution is 2.43. The molecule has 1 fully saturated rings. The van der Waals surface area contributed by atoms with Crippen molar-refractivity contribution in [3.8, 4) is 16.9 Å². The minimum absolute atomic E-state index is 0.0944. The number of hydrogen-bond donors (Lipinski definition) is 4. The van der Waals surface area contributed by atoms with Gasteiger partial charge in [0.2, 0.25) is 10.0 Å². The van der Waals surface area contributed by atoms with E-state index in [4.69, 9.17) is 20.9 Å². The van der Waals surface area contributed by atoms with Crippen molar-refractivity contribution in [3.63, 3.8) is 0 Å². The number of carbonyl (C=O) groups is 2. The maximum Gasteiger partial charge on any atom is 0.404 e. The Labute approximate surface area is 265 Å². The molecule has 2 amide bonds. The summed E-state index contributed by atoms with van der Waals surface area (Å²) in [6, 6.07) is 19.7. The van der Waals surface area contributed by atoms with E-state index in [1.165, 1.54) is 0 Å². The zero-order valence-corrected chi connectivity index (χ0v) is 27.0. The third kappa shape index (κ3) is 8.55. The summed E-state index contributed by atoms with van der Waals surface area (Å²) in [6.07, 6.45) is 3.12. The van der Waals surface area contributed by atoms with Gasteiger partial charge in [-0.3, -0.25) is 4.79 Å². The van der Waals surface area contributed by atoms with Crippen LogP contribution in [0.3, 0.4) is 0 Å². The first-order valence-electron chi connectivity index (χ1n) is 15.0. The van der Waals surface area contributed by atoms with Crippen LogP contribution in [0.15, 0.2) is 66.7 Å². The van der Waals surface area contributed by atoms with Crippen LogP contribution in [0.4, 0.5) is 10.5 Å². The number of anilines is 1. The highest BCUT2D eigenvalue weighted by Gasteiger charge is 2.47. The number of amides is 2. The molecule has 0 bridgehead atoms. The SMILES string of the molecule is CC(C)(C)C(COC(N)=O)(C[C@@H](O)c1ccc(N)cc1)Oc1ccc(-c2ccc(C(=O)NS(C)(=O)=O)c(C3CCCC3)c2)cc1. The fourth-order valence-electron chi connectivity index (χ4n) is 5.83. The van der Waals surface area contributed by atoms with Crippen LogP contribution in [-0.4, -0.2) is 44.0 Å². The summed E-state index contributed by atoms with van der Waals surface area (Å²) in [5.74, 6) is 0.0250. The predicted octanol–water partition coefficient (Wildman–Crippen LogP) is 5.67. The quantitative estimate of drug-likeness (QED) is 0.195. The van der Waals surface area contributed by atoms with Crippen molar-refractivity contribution in [3.05, 3.63) is 83.4 Å². The molecule has 6 N–H and O–H groups in total. The number of primary amides is 1. The van der Waals surface area contributed by atoms with Gasteiger partial charge in [0.15, 0.2) is 5.60 Å². The first kappa shape index (κ1) is 33.8. The molecule has 4 rings (SSSR count). The van der Waals surface area contributed by atoms with E-state index < -0.39 is 39.1 Å². The van der Waals surface area contributed by atoms with Gasteiger partial charge in [-0.05, 0) is 71.3 Å². The lowest BCUT2D eigenvalue weighted by Gasteiger charge is -2.45. The molecule has 0 spiro atoms. The molecular formula is C34H43N3O7S. The smallest absolute Gasteiger partial charge is 0.404 e. The minimum atomic E-state index is -3.71. The number of carbonyl (C=O) groups excluding carboxylic acids is 2. The van der Waals surface area contributed by atoms with E-state index in [0.29, 0.717) is 22.6 Å². The maximum atomic E-state index is 12.9. The van der Waals surface area contributed by atoms with E-state index in [0.717, 1.165) is 48.6 Å². The van der Waals surface area contributed by atoms with E-state index in [1.54, 1.807) is 48.5 Å². The Balaban J connectivity index is 1.65. The number of benzene rings is 3. The first-order valence-corrected chi connectivity index (χ1v) is 16.9. The molecule has 45 heavy (non-hydrogen) atoms. The fraction of sp³-hybridized carbons (Fsp3) is 0.412. The lowest BCUT2D eigenvalue weighted by molar-refractivity contribution is -0.101. The summed E-state index contributed by atoms with van der Waals surface area (Å²) in [7, 11) is -3.71. The highest BCUT2D eigenvalue weighted by molar-refractivity contribution is 7.89. The molecule has 10 nitrogen and oxygen atoms in total. The van der Waals surface area contributed by atoms with Crippen LogP contribution in [0.2, 0.25) is 0 Å². The predicted molar refractivity (Wildman–Crippen MR) is 174 cm³/mol. The third-order valence-corrected chi connectivity index (χ3v) is 9.09. The van der Waals surface area contributed by atoms with Crippen LogP contribution in [0.25, 0.3) is 11.1 Å². The Morgan fingerprint density at radius 3 is 2.13 bits per heavy atom. The van der Waals surface area contributed by atoms with Crippen LogP contribution < -0.4 is 20.9 Å². The van der Waals surface area contributed by atoms with Crippen LogP contribution in [-0.2, 0) is 14.8 Å². The molecule has 0 aliphatic heterocycles. The number of nitrogens with two attached hydrogens (primary N) is 2. The lowest BCUT2D eigenvalue weighted by atomic mass is 9.72. The molecule has 1 saturated carbocycles. The molecule has 0 saturated heterocycles. The van der Waals surface area contributed by atoms with Crippen LogP contribution in [0.5, 0.6) is 5.75 Å². The Bertz CT molecular complexity index is 1610. The summed E-state index contributed by atoms with van der Waals surface area (Å²) < 4.78 is 37.5. The maximum absolute atomic E-state index is 12.9. The Hall–Kier alpha value is -4.09.